The first-order valence-corrected chi connectivity index (χ1v) is 6.03. The minimum Gasteiger partial charge on any atom is -0.329 e. The Hall–Kier alpha value is -1.31. The molecule has 1 fully saturated rings. The van der Waals surface area contributed by atoms with Crippen molar-refractivity contribution in [3.05, 3.63) is 30.1 Å². The van der Waals surface area contributed by atoms with Gasteiger partial charge in [-0.1, -0.05) is 20.8 Å². The van der Waals surface area contributed by atoms with E-state index in [9.17, 15) is 0 Å². The molecule has 3 rings (SSSR count). The summed E-state index contributed by atoms with van der Waals surface area (Å²) in [7, 11) is 0. The number of nitrogens with zero attached hydrogens (tertiary/aromatic N) is 2. The SMILES string of the molecule is CC(C)(C)c1cn(C2CC2)c2ncccc12. The van der Waals surface area contributed by atoms with Gasteiger partial charge in [0, 0.05) is 23.8 Å². The van der Waals surface area contributed by atoms with Crippen LogP contribution in [0.1, 0.15) is 45.2 Å². The lowest BCUT2D eigenvalue weighted by atomic mass is 9.87. The van der Waals surface area contributed by atoms with Crippen LogP contribution in [0.15, 0.2) is 24.5 Å². The summed E-state index contributed by atoms with van der Waals surface area (Å²) in [5.74, 6) is 0. The molecule has 0 atom stereocenters. The first-order chi connectivity index (χ1) is 7.57. The monoisotopic (exact) mass is 214 g/mol. The molecule has 2 heteroatoms. The van der Waals surface area contributed by atoms with Crippen LogP contribution in [-0.4, -0.2) is 9.55 Å². The van der Waals surface area contributed by atoms with Gasteiger partial charge in [0.15, 0.2) is 0 Å². The van der Waals surface area contributed by atoms with E-state index in [0.29, 0.717) is 6.04 Å². The number of fused-ring (bicyclic) bond motifs is 1. The highest BCUT2D eigenvalue weighted by Gasteiger charge is 2.28. The smallest absolute Gasteiger partial charge is 0.140 e. The molecule has 1 saturated carbocycles. The quantitative estimate of drug-likeness (QED) is 0.708. The van der Waals surface area contributed by atoms with Gasteiger partial charge in [0.2, 0.25) is 0 Å². The molecular weight excluding hydrogens is 196 g/mol. The van der Waals surface area contributed by atoms with Crippen molar-refractivity contribution >= 4 is 11.0 Å². The molecule has 0 unspecified atom stereocenters. The topological polar surface area (TPSA) is 17.8 Å². The van der Waals surface area contributed by atoms with Crippen molar-refractivity contribution in [3.63, 3.8) is 0 Å². The zero-order valence-electron chi connectivity index (χ0n) is 10.2. The third kappa shape index (κ3) is 1.44. The van der Waals surface area contributed by atoms with E-state index in [4.69, 9.17) is 0 Å². The summed E-state index contributed by atoms with van der Waals surface area (Å²) < 4.78 is 2.37. The number of hydrogen-bond donors (Lipinski definition) is 0. The predicted molar refractivity (Wildman–Crippen MR) is 66.7 cm³/mol. The largest absolute Gasteiger partial charge is 0.329 e. The van der Waals surface area contributed by atoms with Crippen molar-refractivity contribution in [2.75, 3.05) is 0 Å². The third-order valence-corrected chi connectivity index (χ3v) is 3.34. The van der Waals surface area contributed by atoms with E-state index in [1.54, 1.807) is 0 Å². The van der Waals surface area contributed by atoms with Crippen molar-refractivity contribution in [3.8, 4) is 0 Å². The fourth-order valence-corrected chi connectivity index (χ4v) is 2.31. The molecule has 16 heavy (non-hydrogen) atoms. The van der Waals surface area contributed by atoms with Crippen LogP contribution in [-0.2, 0) is 5.41 Å². The van der Waals surface area contributed by atoms with Crippen LogP contribution < -0.4 is 0 Å². The number of pyridine rings is 1. The van der Waals surface area contributed by atoms with E-state index < -0.39 is 0 Å². The Bertz CT molecular complexity index is 527. The van der Waals surface area contributed by atoms with Crippen molar-refractivity contribution in [1.82, 2.24) is 9.55 Å². The lowest BCUT2D eigenvalue weighted by molar-refractivity contribution is 0.590. The molecule has 84 valence electrons. The van der Waals surface area contributed by atoms with E-state index >= 15 is 0 Å². The average Bonchev–Trinajstić information content (AvgIpc) is 2.97. The van der Waals surface area contributed by atoms with Gasteiger partial charge in [-0.15, -0.1) is 0 Å². The van der Waals surface area contributed by atoms with E-state index in [1.807, 2.05) is 12.3 Å². The summed E-state index contributed by atoms with van der Waals surface area (Å²) in [5, 5.41) is 1.32. The molecule has 2 aromatic rings. The van der Waals surface area contributed by atoms with Gasteiger partial charge in [-0.05, 0) is 36.0 Å². The molecule has 0 saturated heterocycles. The lowest BCUT2D eigenvalue weighted by Gasteiger charge is -2.17. The zero-order valence-corrected chi connectivity index (χ0v) is 10.2. The zero-order chi connectivity index (χ0) is 11.3. The molecule has 0 radical (unpaired) electrons. The molecule has 0 aliphatic heterocycles. The predicted octanol–water partition coefficient (Wildman–Crippen LogP) is 3.67. The molecule has 2 nitrogen and oxygen atoms in total. The van der Waals surface area contributed by atoms with E-state index in [0.717, 1.165) is 5.65 Å². The van der Waals surface area contributed by atoms with E-state index in [-0.39, 0.29) is 5.41 Å². The van der Waals surface area contributed by atoms with E-state index in [1.165, 1.54) is 23.8 Å². The summed E-state index contributed by atoms with van der Waals surface area (Å²) >= 11 is 0. The number of hydrogen-bond acceptors (Lipinski definition) is 1. The van der Waals surface area contributed by atoms with Gasteiger partial charge in [-0.2, -0.15) is 0 Å². The van der Waals surface area contributed by atoms with Crippen molar-refractivity contribution in [2.45, 2.75) is 45.1 Å². The van der Waals surface area contributed by atoms with Crippen molar-refractivity contribution in [1.29, 1.82) is 0 Å². The van der Waals surface area contributed by atoms with Crippen LogP contribution in [0.4, 0.5) is 0 Å². The Morgan fingerprint density at radius 2 is 2.06 bits per heavy atom. The summed E-state index contributed by atoms with van der Waals surface area (Å²) in [6.07, 6.45) is 6.83. The molecule has 2 heterocycles. The van der Waals surface area contributed by atoms with Gasteiger partial charge in [0.25, 0.3) is 0 Å². The molecule has 1 aliphatic rings. The summed E-state index contributed by atoms with van der Waals surface area (Å²) in [6, 6.07) is 4.94. The number of aromatic nitrogens is 2. The molecule has 0 bridgehead atoms. The Morgan fingerprint density at radius 3 is 2.69 bits per heavy atom. The second kappa shape index (κ2) is 3.09. The first-order valence-electron chi connectivity index (χ1n) is 6.03. The van der Waals surface area contributed by atoms with Crippen LogP contribution in [0.3, 0.4) is 0 Å². The minimum atomic E-state index is 0.196. The van der Waals surface area contributed by atoms with E-state index in [2.05, 4.69) is 42.6 Å². The number of rotatable bonds is 1. The highest BCUT2D eigenvalue weighted by atomic mass is 15.1. The normalized spacial score (nSPS) is 16.9. The second-order valence-corrected chi connectivity index (χ2v) is 5.81. The minimum absolute atomic E-state index is 0.196. The lowest BCUT2D eigenvalue weighted by Crippen LogP contribution is -2.10. The van der Waals surface area contributed by atoms with Crippen LogP contribution in [0.5, 0.6) is 0 Å². The molecule has 1 aliphatic carbocycles. The van der Waals surface area contributed by atoms with Crippen LogP contribution >= 0.6 is 0 Å². The van der Waals surface area contributed by atoms with Crippen molar-refractivity contribution < 1.29 is 0 Å². The fraction of sp³-hybridized carbons (Fsp3) is 0.500. The van der Waals surface area contributed by atoms with Gasteiger partial charge < -0.3 is 4.57 Å². The molecule has 0 spiro atoms. The standard InChI is InChI=1S/C14H18N2/c1-14(2,3)12-9-16(10-6-7-10)13-11(12)5-4-8-15-13/h4-5,8-10H,6-7H2,1-3H3. The summed E-state index contributed by atoms with van der Waals surface area (Å²) in [6.45, 7) is 6.81. The summed E-state index contributed by atoms with van der Waals surface area (Å²) in [5.41, 5.74) is 2.78. The van der Waals surface area contributed by atoms with Crippen LogP contribution in [0, 0.1) is 0 Å². The molecule has 2 aromatic heterocycles. The molecular formula is C14H18N2. The molecule has 0 aromatic carbocycles. The molecule has 0 amide bonds. The fourth-order valence-electron chi connectivity index (χ4n) is 2.31. The van der Waals surface area contributed by atoms with Gasteiger partial charge in [0.1, 0.15) is 5.65 Å². The Kier molecular flexibility index (Phi) is 1.91. The maximum absolute atomic E-state index is 4.54. The van der Waals surface area contributed by atoms with Gasteiger partial charge in [-0.25, -0.2) is 4.98 Å². The molecule has 0 N–H and O–H groups in total. The Labute approximate surface area is 96.3 Å². The van der Waals surface area contributed by atoms with Gasteiger partial charge in [0.05, 0.1) is 0 Å². The van der Waals surface area contributed by atoms with Gasteiger partial charge >= 0.3 is 0 Å². The maximum atomic E-state index is 4.54. The van der Waals surface area contributed by atoms with Crippen LogP contribution in [0.25, 0.3) is 11.0 Å². The maximum Gasteiger partial charge on any atom is 0.140 e. The third-order valence-electron chi connectivity index (χ3n) is 3.34. The highest BCUT2D eigenvalue weighted by molar-refractivity contribution is 5.81. The Balaban J connectivity index is 2.29. The van der Waals surface area contributed by atoms with Crippen LogP contribution in [0.2, 0.25) is 0 Å². The average molecular weight is 214 g/mol. The highest BCUT2D eigenvalue weighted by Crippen LogP contribution is 2.40. The second-order valence-electron chi connectivity index (χ2n) is 5.81. The van der Waals surface area contributed by atoms with Crippen molar-refractivity contribution in [2.24, 2.45) is 0 Å². The Morgan fingerprint density at radius 1 is 1.31 bits per heavy atom. The van der Waals surface area contributed by atoms with Gasteiger partial charge in [-0.3, -0.25) is 0 Å². The summed E-state index contributed by atoms with van der Waals surface area (Å²) in [4.78, 5) is 4.54. The first kappa shape index (κ1) is 9.88.